The van der Waals surface area contributed by atoms with Crippen molar-refractivity contribution >= 4 is 5.91 Å². The van der Waals surface area contributed by atoms with E-state index in [2.05, 4.69) is 10.2 Å². The van der Waals surface area contributed by atoms with Gasteiger partial charge in [-0.3, -0.25) is 4.79 Å². The summed E-state index contributed by atoms with van der Waals surface area (Å²) in [5.41, 5.74) is 0.657. The number of hydrogen-bond acceptors (Lipinski definition) is 3. The van der Waals surface area contributed by atoms with E-state index in [-0.39, 0.29) is 5.91 Å². The van der Waals surface area contributed by atoms with Crippen molar-refractivity contribution in [2.75, 3.05) is 33.3 Å². The molecule has 1 heterocycles. The normalized spacial score (nSPS) is 16.2. The van der Waals surface area contributed by atoms with Gasteiger partial charge >= 0.3 is 0 Å². The predicted molar refractivity (Wildman–Crippen MR) is 84.9 cm³/mol. The molecule has 1 aromatic carbocycles. The Morgan fingerprint density at radius 2 is 2.00 bits per heavy atom. The van der Waals surface area contributed by atoms with Crippen molar-refractivity contribution in [1.29, 1.82) is 0 Å². The molecule has 1 aliphatic heterocycles. The molecule has 1 aromatic rings. The van der Waals surface area contributed by atoms with Crippen molar-refractivity contribution in [2.24, 2.45) is 0 Å². The third-order valence-electron chi connectivity index (χ3n) is 3.97. The van der Waals surface area contributed by atoms with Gasteiger partial charge in [-0.1, -0.05) is 18.9 Å². The summed E-state index contributed by atoms with van der Waals surface area (Å²) in [5.74, 6) is 0.692. The number of methoxy groups -OCH3 is 1. The van der Waals surface area contributed by atoms with E-state index in [4.69, 9.17) is 4.74 Å². The van der Waals surface area contributed by atoms with Crippen LogP contribution >= 0.6 is 0 Å². The Kier molecular flexibility index (Phi) is 6.54. The standard InChI is InChI=1S/C17H26N2O2/c1-21-16-9-6-8-15(14-16)17(20)18-10-7-13-19-11-4-2-3-5-12-19/h6,8-9,14H,2-5,7,10-13H2,1H3,(H,18,20). The minimum atomic E-state index is -0.0234. The molecule has 0 saturated carbocycles. The zero-order valence-electron chi connectivity index (χ0n) is 12.9. The summed E-state index contributed by atoms with van der Waals surface area (Å²) in [6, 6.07) is 7.26. The molecule has 0 aliphatic carbocycles. The van der Waals surface area contributed by atoms with Gasteiger partial charge in [0.1, 0.15) is 5.75 Å². The van der Waals surface area contributed by atoms with Crippen LogP contribution in [0.4, 0.5) is 0 Å². The maximum absolute atomic E-state index is 12.0. The van der Waals surface area contributed by atoms with Crippen LogP contribution in [0.5, 0.6) is 5.75 Å². The zero-order valence-corrected chi connectivity index (χ0v) is 12.9. The molecule has 0 atom stereocenters. The maximum atomic E-state index is 12.0. The van der Waals surface area contributed by atoms with Gasteiger partial charge < -0.3 is 15.0 Å². The summed E-state index contributed by atoms with van der Waals surface area (Å²) in [6.07, 6.45) is 6.37. The first-order valence-corrected chi connectivity index (χ1v) is 7.94. The van der Waals surface area contributed by atoms with E-state index >= 15 is 0 Å². The lowest BCUT2D eigenvalue weighted by molar-refractivity contribution is 0.0951. The first-order chi connectivity index (χ1) is 10.3. The van der Waals surface area contributed by atoms with Crippen LogP contribution in [0.25, 0.3) is 0 Å². The molecule has 21 heavy (non-hydrogen) atoms. The SMILES string of the molecule is COc1cccc(C(=O)NCCCN2CCCCCC2)c1. The fourth-order valence-corrected chi connectivity index (χ4v) is 2.73. The molecule has 1 N–H and O–H groups in total. The monoisotopic (exact) mass is 290 g/mol. The first kappa shape index (κ1) is 15.8. The lowest BCUT2D eigenvalue weighted by Gasteiger charge is -2.19. The number of benzene rings is 1. The molecular weight excluding hydrogens is 264 g/mol. The molecule has 4 nitrogen and oxygen atoms in total. The Labute approximate surface area is 127 Å². The van der Waals surface area contributed by atoms with Gasteiger partial charge in [0.2, 0.25) is 0 Å². The highest BCUT2D eigenvalue weighted by molar-refractivity contribution is 5.94. The van der Waals surface area contributed by atoms with Crippen molar-refractivity contribution in [3.63, 3.8) is 0 Å². The van der Waals surface area contributed by atoms with Crippen LogP contribution in [-0.4, -0.2) is 44.1 Å². The molecule has 0 unspecified atom stereocenters. The lowest BCUT2D eigenvalue weighted by atomic mass is 10.2. The van der Waals surface area contributed by atoms with Crippen LogP contribution in [0.1, 0.15) is 42.5 Å². The molecule has 1 amide bonds. The molecule has 0 bridgehead atoms. The van der Waals surface area contributed by atoms with Crippen molar-refractivity contribution < 1.29 is 9.53 Å². The number of ether oxygens (including phenoxy) is 1. The van der Waals surface area contributed by atoms with E-state index in [0.717, 1.165) is 19.5 Å². The molecule has 2 rings (SSSR count). The number of rotatable bonds is 6. The molecule has 116 valence electrons. The molecule has 1 fully saturated rings. The summed E-state index contributed by atoms with van der Waals surface area (Å²) in [4.78, 5) is 14.6. The topological polar surface area (TPSA) is 41.6 Å². The van der Waals surface area contributed by atoms with Crippen LogP contribution in [-0.2, 0) is 0 Å². The van der Waals surface area contributed by atoms with E-state index in [0.29, 0.717) is 11.3 Å². The highest BCUT2D eigenvalue weighted by Gasteiger charge is 2.09. The van der Waals surface area contributed by atoms with Gasteiger partial charge in [0.05, 0.1) is 7.11 Å². The van der Waals surface area contributed by atoms with Gasteiger partial charge in [0.15, 0.2) is 0 Å². The summed E-state index contributed by atoms with van der Waals surface area (Å²) < 4.78 is 5.14. The second kappa shape index (κ2) is 8.67. The van der Waals surface area contributed by atoms with Gasteiger partial charge in [-0.05, 0) is 57.1 Å². The average Bonchev–Trinajstić information content (AvgIpc) is 2.80. The van der Waals surface area contributed by atoms with Crippen LogP contribution in [0.15, 0.2) is 24.3 Å². The largest absolute Gasteiger partial charge is 0.497 e. The highest BCUT2D eigenvalue weighted by Crippen LogP contribution is 2.12. The second-order valence-corrected chi connectivity index (χ2v) is 5.60. The Balaban J connectivity index is 1.68. The average molecular weight is 290 g/mol. The minimum absolute atomic E-state index is 0.0234. The van der Waals surface area contributed by atoms with E-state index in [1.54, 1.807) is 13.2 Å². The quantitative estimate of drug-likeness (QED) is 0.819. The third kappa shape index (κ3) is 5.38. The van der Waals surface area contributed by atoms with Crippen molar-refractivity contribution in [3.05, 3.63) is 29.8 Å². The third-order valence-corrected chi connectivity index (χ3v) is 3.97. The van der Waals surface area contributed by atoms with Crippen molar-refractivity contribution in [2.45, 2.75) is 32.1 Å². The van der Waals surface area contributed by atoms with Gasteiger partial charge in [-0.15, -0.1) is 0 Å². The number of nitrogens with zero attached hydrogens (tertiary/aromatic N) is 1. The number of amides is 1. The van der Waals surface area contributed by atoms with Crippen LogP contribution in [0.3, 0.4) is 0 Å². The van der Waals surface area contributed by atoms with Gasteiger partial charge in [0, 0.05) is 12.1 Å². The van der Waals surface area contributed by atoms with Crippen molar-refractivity contribution in [3.8, 4) is 5.75 Å². The van der Waals surface area contributed by atoms with Gasteiger partial charge in [0.25, 0.3) is 5.91 Å². The smallest absolute Gasteiger partial charge is 0.251 e. The maximum Gasteiger partial charge on any atom is 0.251 e. The van der Waals surface area contributed by atoms with Gasteiger partial charge in [-0.25, -0.2) is 0 Å². The molecule has 0 spiro atoms. The molecule has 0 aromatic heterocycles. The van der Waals surface area contributed by atoms with E-state index in [1.807, 2.05) is 18.2 Å². The minimum Gasteiger partial charge on any atom is -0.497 e. The zero-order chi connectivity index (χ0) is 14.9. The van der Waals surface area contributed by atoms with Crippen LogP contribution in [0, 0.1) is 0 Å². The Bertz CT molecular complexity index is 440. The van der Waals surface area contributed by atoms with Crippen LogP contribution in [0.2, 0.25) is 0 Å². The Morgan fingerprint density at radius 1 is 1.24 bits per heavy atom. The Morgan fingerprint density at radius 3 is 2.71 bits per heavy atom. The molecule has 1 saturated heterocycles. The number of likely N-dealkylation sites (tertiary alicyclic amines) is 1. The van der Waals surface area contributed by atoms with Gasteiger partial charge in [-0.2, -0.15) is 0 Å². The summed E-state index contributed by atoms with van der Waals surface area (Å²) in [7, 11) is 1.61. The number of nitrogens with one attached hydrogen (secondary N) is 1. The number of hydrogen-bond donors (Lipinski definition) is 1. The summed E-state index contributed by atoms with van der Waals surface area (Å²) in [5, 5.41) is 2.98. The predicted octanol–water partition coefficient (Wildman–Crippen LogP) is 2.69. The lowest BCUT2D eigenvalue weighted by Crippen LogP contribution is -2.30. The summed E-state index contributed by atoms with van der Waals surface area (Å²) in [6.45, 7) is 4.23. The first-order valence-electron chi connectivity index (χ1n) is 7.94. The molecule has 1 aliphatic rings. The van der Waals surface area contributed by atoms with Crippen molar-refractivity contribution in [1.82, 2.24) is 10.2 Å². The number of carbonyl (C=O) groups is 1. The number of carbonyl (C=O) groups excluding carboxylic acids is 1. The summed E-state index contributed by atoms with van der Waals surface area (Å²) >= 11 is 0. The second-order valence-electron chi connectivity index (χ2n) is 5.60. The fraction of sp³-hybridized carbons (Fsp3) is 0.588. The molecule has 4 heteroatoms. The van der Waals surface area contributed by atoms with E-state index < -0.39 is 0 Å². The van der Waals surface area contributed by atoms with E-state index in [1.165, 1.54) is 38.8 Å². The fourth-order valence-electron chi connectivity index (χ4n) is 2.73. The highest BCUT2D eigenvalue weighted by atomic mass is 16.5. The molecular formula is C17H26N2O2. The van der Waals surface area contributed by atoms with Crippen LogP contribution < -0.4 is 10.1 Å². The van der Waals surface area contributed by atoms with E-state index in [9.17, 15) is 4.79 Å². The molecule has 0 radical (unpaired) electrons. The Hall–Kier alpha value is -1.55.